The van der Waals surface area contributed by atoms with E-state index >= 15 is 0 Å². The summed E-state index contributed by atoms with van der Waals surface area (Å²) < 4.78 is 5.50. The third-order valence-electron chi connectivity index (χ3n) is 2.59. The van der Waals surface area contributed by atoms with Crippen molar-refractivity contribution < 1.29 is 19.2 Å². The van der Waals surface area contributed by atoms with Crippen LogP contribution in [0.2, 0.25) is 0 Å². The van der Waals surface area contributed by atoms with Crippen LogP contribution in [-0.2, 0) is 14.3 Å². The van der Waals surface area contributed by atoms with Crippen molar-refractivity contribution in [1.29, 1.82) is 0 Å². The van der Waals surface area contributed by atoms with E-state index in [1.807, 2.05) is 0 Å². The average Bonchev–Trinajstić information content (AvgIpc) is 2.88. The van der Waals surface area contributed by atoms with Crippen LogP contribution in [0.5, 0.6) is 0 Å². The fourth-order valence-electron chi connectivity index (χ4n) is 1.67. The summed E-state index contributed by atoms with van der Waals surface area (Å²) in [6, 6.07) is 4.34. The number of rotatable bonds is 7. The van der Waals surface area contributed by atoms with Gasteiger partial charge in [0, 0.05) is 12.1 Å². The molecule has 0 unspecified atom stereocenters. The first-order valence-electron chi connectivity index (χ1n) is 6.57. The van der Waals surface area contributed by atoms with Crippen LogP contribution in [0.15, 0.2) is 18.2 Å². The molecule has 2 aromatic rings. The summed E-state index contributed by atoms with van der Waals surface area (Å²) in [5.74, 6) is -0.465. The maximum absolute atomic E-state index is 11.8. The number of non-ortho nitro benzene ring substituents is 1. The number of amides is 1. The Bertz CT molecular complexity index is 746. The second kappa shape index (κ2) is 7.88. The van der Waals surface area contributed by atoms with Gasteiger partial charge in [0.15, 0.2) is 5.13 Å². The molecule has 122 valence electrons. The molecular formula is C13H13N3O5S2. The van der Waals surface area contributed by atoms with E-state index in [1.165, 1.54) is 23.5 Å². The maximum atomic E-state index is 11.8. The third kappa shape index (κ3) is 4.89. The highest BCUT2D eigenvalue weighted by molar-refractivity contribution is 8.00. The number of anilines is 1. The monoisotopic (exact) mass is 355 g/mol. The van der Waals surface area contributed by atoms with E-state index in [-0.39, 0.29) is 29.1 Å². The Hall–Kier alpha value is -2.20. The van der Waals surface area contributed by atoms with Crippen LogP contribution in [0.1, 0.15) is 6.92 Å². The van der Waals surface area contributed by atoms with Crippen LogP contribution in [-0.4, -0.2) is 39.9 Å². The zero-order valence-corrected chi connectivity index (χ0v) is 13.7. The van der Waals surface area contributed by atoms with E-state index in [2.05, 4.69) is 10.3 Å². The molecule has 1 aromatic carbocycles. The van der Waals surface area contributed by atoms with Gasteiger partial charge in [-0.05, 0) is 13.0 Å². The maximum Gasteiger partial charge on any atom is 0.315 e. The van der Waals surface area contributed by atoms with Crippen molar-refractivity contribution in [2.45, 2.75) is 6.92 Å². The highest BCUT2D eigenvalue weighted by Crippen LogP contribution is 2.28. The second-order valence-electron chi connectivity index (χ2n) is 4.27. The van der Waals surface area contributed by atoms with Gasteiger partial charge in [-0.3, -0.25) is 19.7 Å². The van der Waals surface area contributed by atoms with Crippen LogP contribution in [0.25, 0.3) is 10.2 Å². The van der Waals surface area contributed by atoms with Gasteiger partial charge in [0.05, 0.1) is 33.3 Å². The van der Waals surface area contributed by atoms with Crippen molar-refractivity contribution in [3.63, 3.8) is 0 Å². The molecule has 0 spiro atoms. The lowest BCUT2D eigenvalue weighted by molar-refractivity contribution is -0.384. The molecule has 1 heterocycles. The molecule has 1 N–H and O–H groups in total. The quantitative estimate of drug-likeness (QED) is 0.461. The Morgan fingerprint density at radius 2 is 2.22 bits per heavy atom. The molecule has 0 bridgehead atoms. The lowest BCUT2D eigenvalue weighted by Gasteiger charge is -2.02. The Morgan fingerprint density at radius 3 is 2.91 bits per heavy atom. The van der Waals surface area contributed by atoms with Crippen LogP contribution in [0.3, 0.4) is 0 Å². The standard InChI is InChI=1S/C13H13N3O5S2/c1-2-21-12(18)7-22-6-11(17)15-13-14-9-5-8(16(19)20)3-4-10(9)23-13/h3-5H,2,6-7H2,1H3,(H,14,15,17). The highest BCUT2D eigenvalue weighted by Gasteiger charge is 2.12. The number of thiazole rings is 1. The minimum Gasteiger partial charge on any atom is -0.465 e. The molecule has 0 saturated carbocycles. The van der Waals surface area contributed by atoms with Crippen molar-refractivity contribution in [1.82, 2.24) is 4.98 Å². The number of nitrogens with one attached hydrogen (secondary N) is 1. The molecule has 1 aromatic heterocycles. The van der Waals surface area contributed by atoms with E-state index < -0.39 is 4.92 Å². The summed E-state index contributed by atoms with van der Waals surface area (Å²) in [5, 5.41) is 13.7. The van der Waals surface area contributed by atoms with E-state index in [0.29, 0.717) is 17.3 Å². The van der Waals surface area contributed by atoms with Crippen molar-refractivity contribution in [3.05, 3.63) is 28.3 Å². The summed E-state index contributed by atoms with van der Waals surface area (Å²) >= 11 is 2.37. The zero-order chi connectivity index (χ0) is 16.8. The van der Waals surface area contributed by atoms with Gasteiger partial charge in [-0.2, -0.15) is 0 Å². The number of hydrogen-bond donors (Lipinski definition) is 1. The zero-order valence-electron chi connectivity index (χ0n) is 12.1. The number of nitrogens with zero attached hydrogens (tertiary/aromatic N) is 2. The highest BCUT2D eigenvalue weighted by atomic mass is 32.2. The molecule has 0 fully saturated rings. The smallest absolute Gasteiger partial charge is 0.315 e. The number of nitro benzene ring substituents is 1. The molecule has 8 nitrogen and oxygen atoms in total. The van der Waals surface area contributed by atoms with E-state index in [4.69, 9.17) is 4.74 Å². The fourth-order valence-corrected chi connectivity index (χ4v) is 3.14. The lowest BCUT2D eigenvalue weighted by Crippen LogP contribution is -2.16. The van der Waals surface area contributed by atoms with Crippen LogP contribution >= 0.6 is 23.1 Å². The number of carbonyl (C=O) groups is 2. The van der Waals surface area contributed by atoms with Gasteiger partial charge in [0.2, 0.25) is 5.91 Å². The van der Waals surface area contributed by atoms with Crippen LogP contribution in [0, 0.1) is 10.1 Å². The molecule has 0 atom stereocenters. The van der Waals surface area contributed by atoms with Gasteiger partial charge in [-0.25, -0.2) is 4.98 Å². The SMILES string of the molecule is CCOC(=O)CSCC(=O)Nc1nc2cc([N+](=O)[O-])ccc2s1. The molecule has 0 aliphatic heterocycles. The number of thioether (sulfide) groups is 1. The minimum atomic E-state index is -0.497. The summed E-state index contributed by atoms with van der Waals surface area (Å²) in [6.45, 7) is 2.02. The van der Waals surface area contributed by atoms with Gasteiger partial charge >= 0.3 is 5.97 Å². The van der Waals surface area contributed by atoms with Crippen molar-refractivity contribution in [2.24, 2.45) is 0 Å². The number of ether oxygens (including phenoxy) is 1. The molecule has 0 aliphatic rings. The normalized spacial score (nSPS) is 10.5. The Balaban J connectivity index is 1.92. The largest absolute Gasteiger partial charge is 0.465 e. The summed E-state index contributed by atoms with van der Waals surface area (Å²) in [7, 11) is 0. The second-order valence-corrected chi connectivity index (χ2v) is 6.29. The van der Waals surface area contributed by atoms with Gasteiger partial charge in [-0.15, -0.1) is 11.8 Å². The van der Waals surface area contributed by atoms with E-state index in [9.17, 15) is 19.7 Å². The molecule has 0 radical (unpaired) electrons. The Labute approximate surface area is 139 Å². The van der Waals surface area contributed by atoms with Crippen LogP contribution in [0.4, 0.5) is 10.8 Å². The summed E-state index contributed by atoms with van der Waals surface area (Å²) in [6.07, 6.45) is 0. The van der Waals surface area contributed by atoms with E-state index in [0.717, 1.165) is 16.5 Å². The van der Waals surface area contributed by atoms with Crippen LogP contribution < -0.4 is 5.32 Å². The summed E-state index contributed by atoms with van der Waals surface area (Å²) in [4.78, 5) is 37.3. The van der Waals surface area contributed by atoms with Gasteiger partial charge < -0.3 is 10.1 Å². The number of aromatic nitrogens is 1. The number of nitro groups is 1. The van der Waals surface area contributed by atoms with Crippen molar-refractivity contribution in [2.75, 3.05) is 23.4 Å². The average molecular weight is 355 g/mol. The summed E-state index contributed by atoms with van der Waals surface area (Å²) in [5.41, 5.74) is 0.407. The fraction of sp³-hybridized carbons (Fsp3) is 0.308. The van der Waals surface area contributed by atoms with Crippen molar-refractivity contribution >= 4 is 56.0 Å². The first-order valence-corrected chi connectivity index (χ1v) is 8.55. The first-order chi connectivity index (χ1) is 11.0. The predicted octanol–water partition coefficient (Wildman–Crippen LogP) is 2.44. The number of benzene rings is 1. The topological polar surface area (TPSA) is 111 Å². The molecule has 1 amide bonds. The molecule has 10 heteroatoms. The predicted molar refractivity (Wildman–Crippen MR) is 88.9 cm³/mol. The minimum absolute atomic E-state index is 0.0503. The molecule has 0 aliphatic carbocycles. The number of hydrogen-bond acceptors (Lipinski definition) is 8. The van der Waals surface area contributed by atoms with Gasteiger partial charge in [0.25, 0.3) is 5.69 Å². The number of esters is 1. The Morgan fingerprint density at radius 1 is 1.43 bits per heavy atom. The molecule has 2 rings (SSSR count). The number of fused-ring (bicyclic) bond motifs is 1. The number of carbonyl (C=O) groups excluding carboxylic acids is 2. The molecule has 0 saturated heterocycles. The molecule has 23 heavy (non-hydrogen) atoms. The van der Waals surface area contributed by atoms with E-state index in [1.54, 1.807) is 13.0 Å². The third-order valence-corrected chi connectivity index (χ3v) is 4.44. The molecular weight excluding hydrogens is 342 g/mol. The van der Waals surface area contributed by atoms with Gasteiger partial charge in [0.1, 0.15) is 0 Å². The Kier molecular flexibility index (Phi) is 5.88. The van der Waals surface area contributed by atoms with Gasteiger partial charge in [-0.1, -0.05) is 11.3 Å². The van der Waals surface area contributed by atoms with Crippen molar-refractivity contribution in [3.8, 4) is 0 Å². The first kappa shape index (κ1) is 17.2. The lowest BCUT2D eigenvalue weighted by atomic mass is 10.3.